The van der Waals surface area contributed by atoms with Crippen LogP contribution in [0, 0.1) is 0 Å². The van der Waals surface area contributed by atoms with Crippen LogP contribution in [-0.2, 0) is 11.3 Å². The van der Waals surface area contributed by atoms with Gasteiger partial charge >= 0.3 is 0 Å². The minimum atomic E-state index is -0.193. The zero-order chi connectivity index (χ0) is 16.2. The average molecular weight is 314 g/mol. The van der Waals surface area contributed by atoms with Crippen LogP contribution in [0.15, 0.2) is 36.7 Å². The minimum absolute atomic E-state index is 0.0170. The van der Waals surface area contributed by atoms with Gasteiger partial charge in [0.1, 0.15) is 5.75 Å². The molecule has 7 heteroatoms. The predicted octanol–water partition coefficient (Wildman–Crippen LogP) is 1.42. The van der Waals surface area contributed by atoms with Crippen LogP contribution in [0.4, 0.5) is 5.69 Å². The van der Waals surface area contributed by atoms with Crippen molar-refractivity contribution >= 4 is 17.5 Å². The summed E-state index contributed by atoms with van der Waals surface area (Å²) in [5.74, 6) is 0.157. The van der Waals surface area contributed by atoms with E-state index in [1.165, 1.54) is 0 Å². The van der Waals surface area contributed by atoms with E-state index < -0.39 is 0 Å². The second-order valence-corrected chi connectivity index (χ2v) is 5.48. The number of nitrogens with one attached hydrogen (secondary N) is 2. The Kier molecular flexibility index (Phi) is 4.27. The van der Waals surface area contributed by atoms with Crippen molar-refractivity contribution < 1.29 is 14.3 Å². The summed E-state index contributed by atoms with van der Waals surface area (Å²) in [5.41, 5.74) is 1.09. The summed E-state index contributed by atoms with van der Waals surface area (Å²) in [6, 6.07) is 6.88. The van der Waals surface area contributed by atoms with Crippen molar-refractivity contribution in [2.45, 2.75) is 25.9 Å². The number of aromatic nitrogens is 2. The number of rotatable bonds is 5. The van der Waals surface area contributed by atoms with E-state index in [1.807, 2.05) is 23.9 Å². The van der Waals surface area contributed by atoms with Crippen molar-refractivity contribution in [2.24, 2.45) is 0 Å². The van der Waals surface area contributed by atoms with Gasteiger partial charge in [0.2, 0.25) is 0 Å². The van der Waals surface area contributed by atoms with E-state index in [9.17, 15) is 9.59 Å². The van der Waals surface area contributed by atoms with Crippen molar-refractivity contribution in [1.82, 2.24) is 15.1 Å². The maximum Gasteiger partial charge on any atom is 0.262 e. The maximum absolute atomic E-state index is 12.3. The number of anilines is 1. The Bertz CT molecular complexity index is 712. The van der Waals surface area contributed by atoms with E-state index in [2.05, 4.69) is 15.7 Å². The third-order valence-corrected chi connectivity index (χ3v) is 3.60. The van der Waals surface area contributed by atoms with Gasteiger partial charge in [-0.3, -0.25) is 14.3 Å². The molecule has 1 aromatic carbocycles. The SMILES string of the molecule is CC(CCn1cccn1)NC(=O)c1ccc2c(c1)OCC(=O)N2. The fraction of sp³-hybridized carbons (Fsp3) is 0.312. The number of ether oxygens (including phenoxy) is 1. The van der Waals surface area contributed by atoms with E-state index >= 15 is 0 Å². The third-order valence-electron chi connectivity index (χ3n) is 3.60. The molecule has 1 aliphatic heterocycles. The van der Waals surface area contributed by atoms with Gasteiger partial charge in [-0.05, 0) is 37.6 Å². The van der Waals surface area contributed by atoms with Gasteiger partial charge in [0.15, 0.2) is 6.61 Å². The zero-order valence-corrected chi connectivity index (χ0v) is 12.8. The quantitative estimate of drug-likeness (QED) is 0.874. The Morgan fingerprint density at radius 3 is 3.17 bits per heavy atom. The van der Waals surface area contributed by atoms with E-state index in [1.54, 1.807) is 24.4 Å². The molecular formula is C16H18N4O3. The monoisotopic (exact) mass is 314 g/mol. The summed E-state index contributed by atoms with van der Waals surface area (Å²) in [6.45, 7) is 2.67. The van der Waals surface area contributed by atoms with Crippen molar-refractivity contribution in [3.63, 3.8) is 0 Å². The average Bonchev–Trinajstić information content (AvgIpc) is 3.05. The second kappa shape index (κ2) is 6.51. The standard InChI is InChI=1S/C16H18N4O3/c1-11(5-8-20-7-2-6-17-20)18-16(22)12-3-4-13-14(9-12)23-10-15(21)19-13/h2-4,6-7,9,11H,5,8,10H2,1H3,(H,18,22)(H,19,21). The highest BCUT2D eigenvalue weighted by molar-refractivity contribution is 5.99. The minimum Gasteiger partial charge on any atom is -0.482 e. The van der Waals surface area contributed by atoms with Gasteiger partial charge in [-0.2, -0.15) is 5.10 Å². The van der Waals surface area contributed by atoms with E-state index in [0.717, 1.165) is 13.0 Å². The maximum atomic E-state index is 12.3. The van der Waals surface area contributed by atoms with Gasteiger partial charge in [-0.25, -0.2) is 0 Å². The zero-order valence-electron chi connectivity index (χ0n) is 12.8. The fourth-order valence-corrected chi connectivity index (χ4v) is 2.35. The molecular weight excluding hydrogens is 296 g/mol. The summed E-state index contributed by atoms with van der Waals surface area (Å²) in [6.07, 6.45) is 4.41. The van der Waals surface area contributed by atoms with E-state index in [0.29, 0.717) is 17.0 Å². The first-order chi connectivity index (χ1) is 11.1. The first-order valence-electron chi connectivity index (χ1n) is 7.47. The topological polar surface area (TPSA) is 85.2 Å². The molecule has 1 aromatic heterocycles. The summed E-state index contributed by atoms with van der Waals surface area (Å²) < 4.78 is 7.16. The van der Waals surface area contributed by atoms with Crippen LogP contribution in [0.5, 0.6) is 5.75 Å². The number of amides is 2. The molecule has 0 fully saturated rings. The molecule has 2 amide bonds. The number of fused-ring (bicyclic) bond motifs is 1. The van der Waals surface area contributed by atoms with Crippen LogP contribution >= 0.6 is 0 Å². The molecule has 1 aliphatic rings. The Morgan fingerprint density at radius 2 is 2.39 bits per heavy atom. The predicted molar refractivity (Wildman–Crippen MR) is 84.3 cm³/mol. The number of carbonyl (C=O) groups is 2. The lowest BCUT2D eigenvalue weighted by Gasteiger charge is -2.19. The molecule has 1 unspecified atom stereocenters. The van der Waals surface area contributed by atoms with Crippen LogP contribution in [0.1, 0.15) is 23.7 Å². The Labute approximate surface area is 133 Å². The molecule has 120 valence electrons. The van der Waals surface area contributed by atoms with Gasteiger partial charge in [0.25, 0.3) is 11.8 Å². The van der Waals surface area contributed by atoms with Crippen LogP contribution < -0.4 is 15.4 Å². The molecule has 0 bridgehead atoms. The van der Waals surface area contributed by atoms with E-state index in [4.69, 9.17) is 4.74 Å². The lowest BCUT2D eigenvalue weighted by atomic mass is 10.1. The number of nitrogens with zero attached hydrogens (tertiary/aromatic N) is 2. The molecule has 2 heterocycles. The molecule has 0 radical (unpaired) electrons. The summed E-state index contributed by atoms with van der Waals surface area (Å²) in [5, 5.41) is 9.78. The van der Waals surface area contributed by atoms with Crippen LogP contribution in [-0.4, -0.2) is 34.2 Å². The molecule has 2 N–H and O–H groups in total. The van der Waals surface area contributed by atoms with Crippen molar-refractivity contribution in [3.8, 4) is 5.75 Å². The number of benzene rings is 1. The molecule has 0 saturated heterocycles. The van der Waals surface area contributed by atoms with Crippen LogP contribution in [0.25, 0.3) is 0 Å². The highest BCUT2D eigenvalue weighted by Gasteiger charge is 2.18. The molecule has 0 saturated carbocycles. The van der Waals surface area contributed by atoms with Gasteiger partial charge in [0, 0.05) is 30.5 Å². The second-order valence-electron chi connectivity index (χ2n) is 5.48. The Hall–Kier alpha value is -2.83. The van der Waals surface area contributed by atoms with Crippen molar-refractivity contribution in [3.05, 3.63) is 42.2 Å². The molecule has 1 atom stereocenters. The van der Waals surface area contributed by atoms with Gasteiger partial charge in [-0.15, -0.1) is 0 Å². The number of hydrogen-bond acceptors (Lipinski definition) is 4. The van der Waals surface area contributed by atoms with Crippen LogP contribution in [0.3, 0.4) is 0 Å². The van der Waals surface area contributed by atoms with Gasteiger partial charge in [0.05, 0.1) is 5.69 Å². The van der Waals surface area contributed by atoms with Gasteiger partial charge in [-0.1, -0.05) is 0 Å². The summed E-state index contributed by atoms with van der Waals surface area (Å²) in [4.78, 5) is 23.5. The summed E-state index contributed by atoms with van der Waals surface area (Å²) >= 11 is 0. The number of carbonyl (C=O) groups excluding carboxylic acids is 2. The fourth-order valence-electron chi connectivity index (χ4n) is 2.35. The van der Waals surface area contributed by atoms with Crippen molar-refractivity contribution in [2.75, 3.05) is 11.9 Å². The lowest BCUT2D eigenvalue weighted by Crippen LogP contribution is -2.33. The highest BCUT2D eigenvalue weighted by Crippen LogP contribution is 2.28. The van der Waals surface area contributed by atoms with Crippen LogP contribution in [0.2, 0.25) is 0 Å². The molecule has 7 nitrogen and oxygen atoms in total. The number of hydrogen-bond donors (Lipinski definition) is 2. The molecule has 0 aliphatic carbocycles. The Balaban J connectivity index is 1.58. The summed E-state index contributed by atoms with van der Waals surface area (Å²) in [7, 11) is 0. The molecule has 23 heavy (non-hydrogen) atoms. The van der Waals surface area contributed by atoms with E-state index in [-0.39, 0.29) is 24.5 Å². The largest absolute Gasteiger partial charge is 0.482 e. The lowest BCUT2D eigenvalue weighted by molar-refractivity contribution is -0.118. The smallest absolute Gasteiger partial charge is 0.262 e. The van der Waals surface area contributed by atoms with Gasteiger partial charge < -0.3 is 15.4 Å². The normalized spacial score (nSPS) is 14.4. The molecule has 0 spiro atoms. The first-order valence-corrected chi connectivity index (χ1v) is 7.47. The first kappa shape index (κ1) is 15.1. The van der Waals surface area contributed by atoms with Crippen molar-refractivity contribution in [1.29, 1.82) is 0 Å². The molecule has 2 aromatic rings. The molecule has 3 rings (SSSR count). The Morgan fingerprint density at radius 1 is 1.52 bits per heavy atom. The third kappa shape index (κ3) is 3.68. The highest BCUT2D eigenvalue weighted by atomic mass is 16.5. The number of aryl methyl sites for hydroxylation is 1.